The molecule has 1 heterocycles. The van der Waals surface area contributed by atoms with Crippen LogP contribution in [0.3, 0.4) is 0 Å². The molecule has 0 radical (unpaired) electrons. The summed E-state index contributed by atoms with van der Waals surface area (Å²) in [7, 11) is 0. The van der Waals surface area contributed by atoms with Crippen molar-refractivity contribution in [1.82, 2.24) is 9.88 Å². The molecule has 2 aromatic rings. The fourth-order valence-electron chi connectivity index (χ4n) is 2.68. The minimum Gasteiger partial charge on any atom is -0.490 e. The lowest BCUT2D eigenvalue weighted by Gasteiger charge is -2.13. The lowest BCUT2D eigenvalue weighted by Crippen LogP contribution is -2.34. The number of hydrogen-bond donors (Lipinski definition) is 1. The third-order valence-electron chi connectivity index (χ3n) is 4.03. The summed E-state index contributed by atoms with van der Waals surface area (Å²) in [4.78, 5) is 24.0. The van der Waals surface area contributed by atoms with Gasteiger partial charge in [-0.15, -0.1) is 0 Å². The number of amides is 1. The quantitative estimate of drug-likeness (QED) is 0.638. The minimum atomic E-state index is -4.68. The molecule has 1 N–H and O–H groups in total. The molecular weight excluding hydrogens is 425 g/mol. The molecule has 30 heavy (non-hydrogen) atoms. The molecule has 0 fully saturated rings. The highest BCUT2D eigenvalue weighted by atomic mass is 35.5. The Morgan fingerprint density at radius 3 is 2.43 bits per heavy atom. The largest absolute Gasteiger partial charge is 0.490 e. The number of rotatable bonds is 9. The Balaban J connectivity index is 2.00. The van der Waals surface area contributed by atoms with Gasteiger partial charge in [0.1, 0.15) is 11.6 Å². The second kappa shape index (κ2) is 10.4. The van der Waals surface area contributed by atoms with Crippen LogP contribution in [0, 0.1) is 0 Å². The van der Waals surface area contributed by atoms with Crippen LogP contribution >= 0.6 is 11.6 Å². The maximum atomic E-state index is 12.9. The van der Waals surface area contributed by atoms with Crippen LogP contribution in [0.5, 0.6) is 11.5 Å². The number of carbonyl (C=O) groups excluding carboxylic acids is 1. The normalized spacial score (nSPS) is 11.3. The van der Waals surface area contributed by atoms with Crippen LogP contribution in [0.25, 0.3) is 0 Å². The van der Waals surface area contributed by atoms with Crippen molar-refractivity contribution in [1.29, 1.82) is 0 Å². The zero-order valence-electron chi connectivity index (χ0n) is 16.5. The third-order valence-corrected chi connectivity index (χ3v) is 4.30. The van der Waals surface area contributed by atoms with Crippen molar-refractivity contribution in [3.8, 4) is 11.5 Å². The monoisotopic (exact) mass is 446 g/mol. The van der Waals surface area contributed by atoms with Crippen LogP contribution in [-0.2, 0) is 23.9 Å². The van der Waals surface area contributed by atoms with Crippen molar-refractivity contribution in [3.05, 3.63) is 57.0 Å². The first-order valence-electron chi connectivity index (χ1n) is 9.28. The lowest BCUT2D eigenvalue weighted by molar-refractivity contribution is -0.138. The Morgan fingerprint density at radius 2 is 1.80 bits per heavy atom. The molecule has 1 aromatic carbocycles. The summed E-state index contributed by atoms with van der Waals surface area (Å²) in [5.74, 6) is 0.602. The molecule has 0 aliphatic carbocycles. The standard InChI is InChI=1S/C20H22ClF3N2O4/c1-3-29-16-6-5-13(9-17(16)30-4-2)7-8-25-18(27)12-26-11-14(20(22,23)24)10-15(21)19(26)28/h5-6,9-11H,3-4,7-8,12H2,1-2H3,(H,25,27). The molecule has 0 bridgehead atoms. The summed E-state index contributed by atoms with van der Waals surface area (Å²) in [5, 5.41) is 1.98. The van der Waals surface area contributed by atoms with Gasteiger partial charge in [0, 0.05) is 12.7 Å². The van der Waals surface area contributed by atoms with Crippen LogP contribution in [0.15, 0.2) is 35.3 Å². The Kier molecular flexibility index (Phi) is 8.16. The van der Waals surface area contributed by atoms with Gasteiger partial charge in [0.15, 0.2) is 11.5 Å². The van der Waals surface area contributed by atoms with Gasteiger partial charge in [0.05, 0.1) is 18.8 Å². The molecule has 1 aromatic heterocycles. The van der Waals surface area contributed by atoms with Gasteiger partial charge < -0.3 is 19.4 Å². The highest BCUT2D eigenvalue weighted by molar-refractivity contribution is 6.30. The van der Waals surface area contributed by atoms with Gasteiger partial charge in [-0.25, -0.2) is 0 Å². The van der Waals surface area contributed by atoms with Crippen molar-refractivity contribution in [3.63, 3.8) is 0 Å². The number of nitrogens with one attached hydrogen (secondary N) is 1. The Bertz CT molecular complexity index is 945. The number of nitrogens with zero attached hydrogens (tertiary/aromatic N) is 1. The van der Waals surface area contributed by atoms with Crippen molar-refractivity contribution in [2.75, 3.05) is 19.8 Å². The Morgan fingerprint density at radius 1 is 1.13 bits per heavy atom. The summed E-state index contributed by atoms with van der Waals surface area (Å²) in [6.07, 6.45) is -3.65. The average molecular weight is 447 g/mol. The van der Waals surface area contributed by atoms with Crippen molar-refractivity contribution < 1.29 is 27.4 Å². The average Bonchev–Trinajstić information content (AvgIpc) is 2.66. The molecule has 164 valence electrons. The summed E-state index contributed by atoms with van der Waals surface area (Å²) >= 11 is 5.58. The van der Waals surface area contributed by atoms with E-state index in [2.05, 4.69) is 5.32 Å². The topological polar surface area (TPSA) is 69.6 Å². The van der Waals surface area contributed by atoms with Crippen LogP contribution in [0.1, 0.15) is 25.0 Å². The molecule has 0 saturated heterocycles. The predicted octanol–water partition coefficient (Wildman–Crippen LogP) is 3.68. The number of pyridine rings is 1. The zero-order valence-corrected chi connectivity index (χ0v) is 17.3. The van der Waals surface area contributed by atoms with Crippen molar-refractivity contribution in [2.24, 2.45) is 0 Å². The molecular formula is C20H22ClF3N2O4. The van der Waals surface area contributed by atoms with Crippen LogP contribution in [0.4, 0.5) is 13.2 Å². The van der Waals surface area contributed by atoms with E-state index >= 15 is 0 Å². The summed E-state index contributed by atoms with van der Waals surface area (Å²) < 4.78 is 50.3. The SMILES string of the molecule is CCOc1ccc(CCNC(=O)Cn2cc(C(F)(F)F)cc(Cl)c2=O)cc1OCC. The summed E-state index contributed by atoms with van der Waals surface area (Å²) in [6, 6.07) is 5.95. The fourth-order valence-corrected chi connectivity index (χ4v) is 2.91. The molecule has 1 amide bonds. The fraction of sp³-hybridized carbons (Fsp3) is 0.400. The van der Waals surface area contributed by atoms with E-state index in [1.165, 1.54) is 0 Å². The second-order valence-corrected chi connectivity index (χ2v) is 6.66. The smallest absolute Gasteiger partial charge is 0.417 e. The third kappa shape index (κ3) is 6.41. The second-order valence-electron chi connectivity index (χ2n) is 6.25. The molecule has 6 nitrogen and oxygen atoms in total. The van der Waals surface area contributed by atoms with Gasteiger partial charge >= 0.3 is 6.18 Å². The molecule has 10 heteroatoms. The number of ether oxygens (including phenoxy) is 2. The first-order chi connectivity index (χ1) is 14.2. The van der Waals surface area contributed by atoms with E-state index in [1.807, 2.05) is 19.9 Å². The number of carbonyl (C=O) groups is 1. The number of benzene rings is 1. The van der Waals surface area contributed by atoms with Gasteiger partial charge in [0.2, 0.25) is 5.91 Å². The van der Waals surface area contributed by atoms with Gasteiger partial charge in [-0.2, -0.15) is 13.2 Å². The lowest BCUT2D eigenvalue weighted by atomic mass is 10.1. The summed E-state index contributed by atoms with van der Waals surface area (Å²) in [5.41, 5.74) is -1.09. The highest BCUT2D eigenvalue weighted by Gasteiger charge is 2.32. The Hall–Kier alpha value is -2.68. The zero-order chi connectivity index (χ0) is 22.3. The van der Waals surface area contributed by atoms with E-state index in [9.17, 15) is 22.8 Å². The molecule has 0 saturated carbocycles. The Labute approximate surface area is 176 Å². The van der Waals surface area contributed by atoms with Crippen LogP contribution in [0.2, 0.25) is 5.02 Å². The van der Waals surface area contributed by atoms with Gasteiger partial charge in [-0.05, 0) is 44.0 Å². The molecule has 0 unspecified atom stereocenters. The number of hydrogen-bond acceptors (Lipinski definition) is 4. The highest BCUT2D eigenvalue weighted by Crippen LogP contribution is 2.30. The first-order valence-corrected chi connectivity index (χ1v) is 9.65. The molecule has 0 atom stereocenters. The number of aromatic nitrogens is 1. The van der Waals surface area contributed by atoms with Crippen LogP contribution in [-0.4, -0.2) is 30.2 Å². The van der Waals surface area contributed by atoms with Gasteiger partial charge in [-0.3, -0.25) is 9.59 Å². The molecule has 0 aliphatic heterocycles. The van der Waals surface area contributed by atoms with E-state index in [4.69, 9.17) is 21.1 Å². The van der Waals surface area contributed by atoms with Crippen LogP contribution < -0.4 is 20.3 Å². The molecule has 2 rings (SSSR count). The minimum absolute atomic E-state index is 0.222. The maximum Gasteiger partial charge on any atom is 0.417 e. The first kappa shape index (κ1) is 23.6. The van der Waals surface area contributed by atoms with Crippen molar-refractivity contribution in [2.45, 2.75) is 33.0 Å². The van der Waals surface area contributed by atoms with E-state index < -0.39 is 34.8 Å². The van der Waals surface area contributed by atoms with Crippen molar-refractivity contribution >= 4 is 17.5 Å². The molecule has 0 aliphatic rings. The number of alkyl halides is 3. The molecule has 0 spiro atoms. The summed E-state index contributed by atoms with van der Waals surface area (Å²) in [6.45, 7) is 4.32. The predicted molar refractivity (Wildman–Crippen MR) is 106 cm³/mol. The van der Waals surface area contributed by atoms with E-state index in [-0.39, 0.29) is 6.54 Å². The maximum absolute atomic E-state index is 12.9. The van der Waals surface area contributed by atoms with Gasteiger partial charge in [0.25, 0.3) is 5.56 Å². The number of halogens is 4. The van der Waals surface area contributed by atoms with E-state index in [0.29, 0.717) is 48.0 Å². The van der Waals surface area contributed by atoms with Gasteiger partial charge in [-0.1, -0.05) is 17.7 Å². The van der Waals surface area contributed by atoms with E-state index in [0.717, 1.165) is 5.56 Å². The van der Waals surface area contributed by atoms with E-state index in [1.54, 1.807) is 12.1 Å².